The highest BCUT2D eigenvalue weighted by Gasteiger charge is 2.13. The van der Waals surface area contributed by atoms with E-state index in [1.807, 2.05) is 23.9 Å². The summed E-state index contributed by atoms with van der Waals surface area (Å²) in [6, 6.07) is 28.8. The molecule has 0 unspecified atom stereocenters. The van der Waals surface area contributed by atoms with Crippen LogP contribution >= 0.6 is 11.8 Å². The van der Waals surface area contributed by atoms with Crippen molar-refractivity contribution in [2.45, 2.75) is 23.0 Å². The van der Waals surface area contributed by atoms with Gasteiger partial charge in [-0.3, -0.25) is 0 Å². The number of phenols is 1. The van der Waals surface area contributed by atoms with Crippen LogP contribution in [-0.4, -0.2) is 10.4 Å². The summed E-state index contributed by atoms with van der Waals surface area (Å²) >= 11 is 1.88. The molecule has 0 bridgehead atoms. The van der Waals surface area contributed by atoms with E-state index in [1.54, 1.807) is 12.1 Å². The third-order valence-electron chi connectivity index (χ3n) is 3.75. The van der Waals surface area contributed by atoms with E-state index >= 15 is 0 Å². The monoisotopic (exact) mass is 320 g/mol. The molecule has 0 radical (unpaired) electrons. The van der Waals surface area contributed by atoms with Gasteiger partial charge in [0.25, 0.3) is 0 Å². The van der Waals surface area contributed by atoms with E-state index in [9.17, 15) is 5.11 Å². The predicted molar refractivity (Wildman–Crippen MR) is 98.0 cm³/mol. The van der Waals surface area contributed by atoms with Gasteiger partial charge in [0, 0.05) is 10.1 Å². The quantitative estimate of drug-likeness (QED) is 0.619. The van der Waals surface area contributed by atoms with Crippen LogP contribution in [0.15, 0.2) is 89.8 Å². The van der Waals surface area contributed by atoms with E-state index in [0.29, 0.717) is 11.0 Å². The maximum Gasteiger partial charge on any atom is 0.115 e. The minimum absolute atomic E-state index is 0.317. The van der Waals surface area contributed by atoms with Gasteiger partial charge >= 0.3 is 0 Å². The molecule has 3 aromatic carbocycles. The van der Waals surface area contributed by atoms with Crippen molar-refractivity contribution in [1.82, 2.24) is 0 Å². The van der Waals surface area contributed by atoms with E-state index < -0.39 is 0 Å². The summed E-state index contributed by atoms with van der Waals surface area (Å²) < 4.78 is 0. The molecular formula is C21H20OS. The van der Waals surface area contributed by atoms with Gasteiger partial charge in [0.1, 0.15) is 5.75 Å². The maximum absolute atomic E-state index is 9.45. The van der Waals surface area contributed by atoms with Crippen molar-refractivity contribution in [2.24, 2.45) is 0 Å². The second-order valence-corrected chi connectivity index (χ2v) is 6.99. The molecule has 0 amide bonds. The molecule has 0 aliphatic heterocycles. The zero-order chi connectivity index (χ0) is 15.9. The lowest BCUT2D eigenvalue weighted by Crippen LogP contribution is -2.10. The van der Waals surface area contributed by atoms with E-state index in [1.165, 1.54) is 16.0 Å². The molecule has 0 saturated heterocycles. The molecule has 1 N–H and O–H groups in total. The van der Waals surface area contributed by atoms with Crippen molar-refractivity contribution in [1.29, 1.82) is 0 Å². The Hall–Kier alpha value is -2.19. The lowest BCUT2D eigenvalue weighted by molar-refractivity contribution is 0.475. The Bertz CT molecular complexity index is 666. The first kappa shape index (κ1) is 15.7. The fourth-order valence-corrected chi connectivity index (χ4v) is 3.86. The van der Waals surface area contributed by atoms with Gasteiger partial charge in [-0.25, -0.2) is 0 Å². The smallest absolute Gasteiger partial charge is 0.115 e. The zero-order valence-corrected chi connectivity index (χ0v) is 13.7. The van der Waals surface area contributed by atoms with Gasteiger partial charge in [-0.15, -0.1) is 11.8 Å². The summed E-state index contributed by atoms with van der Waals surface area (Å²) in [4.78, 5) is 1.19. The Morgan fingerprint density at radius 3 is 1.61 bits per heavy atom. The van der Waals surface area contributed by atoms with Gasteiger partial charge in [0.2, 0.25) is 0 Å². The van der Waals surface area contributed by atoms with E-state index in [0.717, 1.165) is 12.8 Å². The van der Waals surface area contributed by atoms with Gasteiger partial charge in [0.15, 0.2) is 0 Å². The number of thioether (sulfide) groups is 1. The molecule has 1 nitrogen and oxygen atoms in total. The highest BCUT2D eigenvalue weighted by Crippen LogP contribution is 2.29. The molecule has 0 aliphatic carbocycles. The number of aromatic hydroxyl groups is 1. The van der Waals surface area contributed by atoms with Crippen molar-refractivity contribution in [2.75, 3.05) is 0 Å². The molecule has 0 aliphatic rings. The third kappa shape index (κ3) is 4.90. The van der Waals surface area contributed by atoms with Crippen molar-refractivity contribution in [3.8, 4) is 5.75 Å². The molecule has 0 atom stereocenters. The van der Waals surface area contributed by atoms with Crippen LogP contribution in [0.3, 0.4) is 0 Å². The second-order valence-electron chi connectivity index (χ2n) is 5.61. The standard InChI is InChI=1S/C21H20OS/c22-19-11-13-20(14-12-19)23-21(15-17-7-3-1-4-8-17)16-18-9-5-2-6-10-18/h1-14,21-22H,15-16H2. The number of rotatable bonds is 6. The zero-order valence-electron chi connectivity index (χ0n) is 12.9. The summed E-state index contributed by atoms with van der Waals surface area (Å²) in [7, 11) is 0. The molecule has 0 aromatic heterocycles. The number of hydrogen-bond acceptors (Lipinski definition) is 2. The highest BCUT2D eigenvalue weighted by atomic mass is 32.2. The van der Waals surface area contributed by atoms with Crippen LogP contribution in [-0.2, 0) is 12.8 Å². The fourth-order valence-electron chi connectivity index (χ4n) is 2.63. The molecule has 3 rings (SSSR count). The van der Waals surface area contributed by atoms with E-state index in [-0.39, 0.29) is 0 Å². The Balaban J connectivity index is 1.76. The molecule has 2 heteroatoms. The number of benzene rings is 3. The second kappa shape index (κ2) is 7.89. The SMILES string of the molecule is Oc1ccc(SC(Cc2ccccc2)Cc2ccccc2)cc1. The first-order valence-corrected chi connectivity index (χ1v) is 8.71. The van der Waals surface area contributed by atoms with Crippen molar-refractivity contribution in [3.63, 3.8) is 0 Å². The van der Waals surface area contributed by atoms with E-state index in [4.69, 9.17) is 0 Å². The van der Waals surface area contributed by atoms with Crippen LogP contribution in [0.2, 0.25) is 0 Å². The summed E-state index contributed by atoms with van der Waals surface area (Å²) in [5, 5.41) is 9.91. The predicted octanol–water partition coefficient (Wildman–Crippen LogP) is 5.34. The molecule has 0 fully saturated rings. The molecule has 23 heavy (non-hydrogen) atoms. The first-order valence-electron chi connectivity index (χ1n) is 7.83. The summed E-state index contributed by atoms with van der Waals surface area (Å²) in [6.45, 7) is 0. The molecule has 0 saturated carbocycles. The Kier molecular flexibility index (Phi) is 5.38. The molecule has 0 heterocycles. The first-order chi connectivity index (χ1) is 11.3. The number of hydrogen-bond donors (Lipinski definition) is 1. The molecule has 116 valence electrons. The normalized spacial score (nSPS) is 10.8. The molecular weight excluding hydrogens is 300 g/mol. The summed E-state index contributed by atoms with van der Waals surface area (Å²) in [5.41, 5.74) is 2.72. The molecule has 3 aromatic rings. The maximum atomic E-state index is 9.45. The fraction of sp³-hybridized carbons (Fsp3) is 0.143. The topological polar surface area (TPSA) is 20.2 Å². The average Bonchev–Trinajstić information content (AvgIpc) is 2.59. The van der Waals surface area contributed by atoms with Crippen LogP contribution in [0.5, 0.6) is 5.75 Å². The van der Waals surface area contributed by atoms with Crippen LogP contribution in [0.4, 0.5) is 0 Å². The van der Waals surface area contributed by atoms with Gasteiger partial charge < -0.3 is 5.11 Å². The average molecular weight is 320 g/mol. The van der Waals surface area contributed by atoms with Crippen molar-refractivity contribution in [3.05, 3.63) is 96.1 Å². The van der Waals surface area contributed by atoms with Crippen LogP contribution in [0.1, 0.15) is 11.1 Å². The Morgan fingerprint density at radius 1 is 0.652 bits per heavy atom. The lowest BCUT2D eigenvalue weighted by atomic mass is 10.0. The number of phenolic OH excluding ortho intramolecular Hbond substituents is 1. The van der Waals surface area contributed by atoms with E-state index in [2.05, 4.69) is 60.7 Å². The largest absolute Gasteiger partial charge is 0.508 e. The van der Waals surface area contributed by atoms with Crippen LogP contribution < -0.4 is 0 Å². The Morgan fingerprint density at radius 2 is 1.13 bits per heavy atom. The van der Waals surface area contributed by atoms with Crippen molar-refractivity contribution < 1.29 is 5.11 Å². The minimum Gasteiger partial charge on any atom is -0.508 e. The summed E-state index contributed by atoms with van der Waals surface area (Å²) in [6.07, 6.45) is 2.06. The van der Waals surface area contributed by atoms with Crippen LogP contribution in [0, 0.1) is 0 Å². The minimum atomic E-state index is 0.317. The lowest BCUT2D eigenvalue weighted by Gasteiger charge is -2.17. The van der Waals surface area contributed by atoms with Crippen LogP contribution in [0.25, 0.3) is 0 Å². The Labute approximate surface area is 142 Å². The van der Waals surface area contributed by atoms with Crippen molar-refractivity contribution >= 4 is 11.8 Å². The molecule has 0 spiro atoms. The third-order valence-corrected chi connectivity index (χ3v) is 4.96. The van der Waals surface area contributed by atoms with Gasteiger partial charge in [-0.1, -0.05) is 60.7 Å². The van der Waals surface area contributed by atoms with Gasteiger partial charge in [0.05, 0.1) is 0 Å². The van der Waals surface area contributed by atoms with Gasteiger partial charge in [-0.05, 0) is 48.2 Å². The van der Waals surface area contributed by atoms with Gasteiger partial charge in [-0.2, -0.15) is 0 Å². The highest BCUT2D eigenvalue weighted by molar-refractivity contribution is 8.00. The summed E-state index contributed by atoms with van der Waals surface area (Å²) in [5.74, 6) is 0.317.